The van der Waals surface area contributed by atoms with Crippen LogP contribution in [0.25, 0.3) is 33.1 Å². The van der Waals surface area contributed by atoms with Gasteiger partial charge in [-0.05, 0) is 48.7 Å². The molecule has 188 valence electrons. The average molecular weight is 495 g/mol. The van der Waals surface area contributed by atoms with Gasteiger partial charge >= 0.3 is 5.63 Å². The van der Waals surface area contributed by atoms with Crippen LogP contribution in [-0.2, 0) is 0 Å². The molecule has 3 aromatic carbocycles. The number of hydrogen-bond donors (Lipinski definition) is 0. The lowest BCUT2D eigenvalue weighted by Gasteiger charge is -2.08. The lowest BCUT2D eigenvalue weighted by Crippen LogP contribution is -2.03. The van der Waals surface area contributed by atoms with Gasteiger partial charge in [0.25, 0.3) is 0 Å². The molecule has 0 fully saturated rings. The maximum atomic E-state index is 13.8. The molecule has 2 heterocycles. The topological polar surface area (TPSA) is 69.7 Å². The third-order valence-electron chi connectivity index (χ3n) is 6.65. The van der Waals surface area contributed by atoms with Gasteiger partial charge < -0.3 is 13.6 Å². The first-order valence-electron chi connectivity index (χ1n) is 12.9. The summed E-state index contributed by atoms with van der Waals surface area (Å²) < 4.78 is 17.8. The third kappa shape index (κ3) is 5.08. The molecule has 0 unspecified atom stereocenters. The number of ketones is 1. The van der Waals surface area contributed by atoms with E-state index < -0.39 is 5.63 Å². The Balaban J connectivity index is 1.57. The van der Waals surface area contributed by atoms with E-state index in [9.17, 15) is 9.59 Å². The molecule has 5 nitrogen and oxygen atoms in total. The molecule has 0 saturated carbocycles. The van der Waals surface area contributed by atoms with Crippen LogP contribution in [0.2, 0.25) is 0 Å². The van der Waals surface area contributed by atoms with Crippen LogP contribution in [-0.4, -0.2) is 12.4 Å². The van der Waals surface area contributed by atoms with Crippen LogP contribution >= 0.6 is 0 Å². The fraction of sp³-hybridized carbons (Fsp3) is 0.250. The van der Waals surface area contributed by atoms with E-state index in [0.717, 1.165) is 29.4 Å². The van der Waals surface area contributed by atoms with Gasteiger partial charge in [-0.2, -0.15) is 0 Å². The molecular formula is C32H30O5. The standard InChI is InChI=1S/C32H30O5/c1-3-4-5-6-10-18-35-24-15-11-14-23(20-24)30(34)32-28(22-12-8-7-9-13-22)29-26(36-32)17-16-25-21(2)19-27(33)37-31(25)29/h7-9,11-17,19-20H,3-6,10,18H2,1-2H3. The van der Waals surface area contributed by atoms with E-state index in [1.807, 2.05) is 61.5 Å². The van der Waals surface area contributed by atoms with Crippen molar-refractivity contribution in [3.8, 4) is 16.9 Å². The first kappa shape index (κ1) is 24.6. The summed E-state index contributed by atoms with van der Waals surface area (Å²) >= 11 is 0. The van der Waals surface area contributed by atoms with E-state index in [-0.39, 0.29) is 11.5 Å². The second kappa shape index (κ2) is 10.9. The molecule has 0 aliphatic rings. The molecule has 0 saturated heterocycles. The van der Waals surface area contributed by atoms with Crippen molar-refractivity contribution in [3.63, 3.8) is 0 Å². The number of ether oxygens (including phenoxy) is 1. The number of carbonyl (C=O) groups excluding carboxylic acids is 1. The van der Waals surface area contributed by atoms with Crippen LogP contribution in [0.3, 0.4) is 0 Å². The molecular weight excluding hydrogens is 464 g/mol. The summed E-state index contributed by atoms with van der Waals surface area (Å²) in [5.41, 5.74) is 3.17. The molecule has 0 amide bonds. The quantitative estimate of drug-likeness (QED) is 0.111. The molecule has 5 heteroatoms. The zero-order valence-electron chi connectivity index (χ0n) is 21.2. The van der Waals surface area contributed by atoms with Crippen LogP contribution in [0.4, 0.5) is 0 Å². The minimum Gasteiger partial charge on any atom is -0.494 e. The molecule has 2 aromatic heterocycles. The fourth-order valence-electron chi connectivity index (χ4n) is 4.76. The average Bonchev–Trinajstić information content (AvgIpc) is 3.31. The van der Waals surface area contributed by atoms with Crippen LogP contribution in [0.5, 0.6) is 5.75 Å². The van der Waals surface area contributed by atoms with Crippen molar-refractivity contribution >= 4 is 27.7 Å². The zero-order chi connectivity index (χ0) is 25.8. The second-order valence-corrected chi connectivity index (χ2v) is 9.36. The second-order valence-electron chi connectivity index (χ2n) is 9.36. The number of carbonyl (C=O) groups is 1. The van der Waals surface area contributed by atoms with E-state index in [1.165, 1.54) is 25.3 Å². The molecule has 5 aromatic rings. The maximum Gasteiger partial charge on any atom is 0.336 e. The van der Waals surface area contributed by atoms with Crippen molar-refractivity contribution in [2.24, 2.45) is 0 Å². The van der Waals surface area contributed by atoms with Crippen LogP contribution in [0, 0.1) is 6.92 Å². The summed E-state index contributed by atoms with van der Waals surface area (Å²) in [7, 11) is 0. The van der Waals surface area contributed by atoms with Crippen LogP contribution in [0.1, 0.15) is 60.7 Å². The summed E-state index contributed by atoms with van der Waals surface area (Å²) in [6.45, 7) is 4.68. The predicted molar refractivity (Wildman–Crippen MR) is 147 cm³/mol. The summed E-state index contributed by atoms with van der Waals surface area (Å²) in [6, 6.07) is 21.9. The summed E-state index contributed by atoms with van der Waals surface area (Å²) in [5, 5.41) is 1.42. The molecule has 0 radical (unpaired) electrons. The van der Waals surface area contributed by atoms with Gasteiger partial charge in [0, 0.05) is 22.6 Å². The van der Waals surface area contributed by atoms with Gasteiger partial charge in [-0.15, -0.1) is 0 Å². The van der Waals surface area contributed by atoms with E-state index >= 15 is 0 Å². The SMILES string of the molecule is CCCCCCCOc1cccc(C(=O)c2oc3ccc4c(C)cc(=O)oc4c3c2-c2ccccc2)c1. The number of benzene rings is 3. The molecule has 0 spiro atoms. The smallest absolute Gasteiger partial charge is 0.336 e. The summed E-state index contributed by atoms with van der Waals surface area (Å²) in [5.74, 6) is 0.604. The van der Waals surface area contributed by atoms with Crippen molar-refractivity contribution < 1.29 is 18.4 Å². The molecule has 5 rings (SSSR count). The highest BCUT2D eigenvalue weighted by Gasteiger charge is 2.26. The highest BCUT2D eigenvalue weighted by atomic mass is 16.5. The summed E-state index contributed by atoms with van der Waals surface area (Å²) in [4.78, 5) is 26.1. The van der Waals surface area contributed by atoms with E-state index in [0.29, 0.717) is 40.0 Å². The molecule has 0 aliphatic carbocycles. The number of rotatable bonds is 10. The lowest BCUT2D eigenvalue weighted by molar-refractivity contribution is 0.101. The molecule has 0 N–H and O–H groups in total. The predicted octanol–water partition coefficient (Wildman–Crippen LogP) is 8.09. The van der Waals surface area contributed by atoms with Gasteiger partial charge in [0.1, 0.15) is 16.9 Å². The third-order valence-corrected chi connectivity index (χ3v) is 6.65. The van der Waals surface area contributed by atoms with Crippen molar-refractivity contribution in [2.45, 2.75) is 46.0 Å². The Kier molecular flexibility index (Phi) is 7.22. The van der Waals surface area contributed by atoms with Gasteiger partial charge in [-0.3, -0.25) is 4.79 Å². The number of fused-ring (bicyclic) bond motifs is 3. The largest absolute Gasteiger partial charge is 0.494 e. The van der Waals surface area contributed by atoms with Gasteiger partial charge in [0.2, 0.25) is 5.78 Å². The first-order valence-corrected chi connectivity index (χ1v) is 12.9. The Morgan fingerprint density at radius 2 is 1.68 bits per heavy atom. The summed E-state index contributed by atoms with van der Waals surface area (Å²) in [6.07, 6.45) is 5.77. The van der Waals surface area contributed by atoms with E-state index in [4.69, 9.17) is 13.6 Å². The number of furan rings is 1. The molecule has 37 heavy (non-hydrogen) atoms. The lowest BCUT2D eigenvalue weighted by atomic mass is 9.96. The number of aryl methyl sites for hydroxylation is 1. The monoisotopic (exact) mass is 494 g/mol. The fourth-order valence-corrected chi connectivity index (χ4v) is 4.76. The van der Waals surface area contributed by atoms with Gasteiger partial charge in [0.05, 0.1) is 12.0 Å². The number of hydrogen-bond acceptors (Lipinski definition) is 5. The Hall–Kier alpha value is -4.12. The minimum atomic E-state index is -0.440. The Bertz CT molecular complexity index is 1610. The Morgan fingerprint density at radius 1 is 0.865 bits per heavy atom. The van der Waals surface area contributed by atoms with Gasteiger partial charge in [-0.1, -0.05) is 75.1 Å². The van der Waals surface area contributed by atoms with Crippen LogP contribution in [0.15, 0.2) is 86.4 Å². The molecule has 0 aliphatic heterocycles. The van der Waals surface area contributed by atoms with Gasteiger partial charge in [0.15, 0.2) is 5.76 Å². The van der Waals surface area contributed by atoms with Gasteiger partial charge in [-0.25, -0.2) is 4.79 Å². The zero-order valence-corrected chi connectivity index (χ0v) is 21.2. The Morgan fingerprint density at radius 3 is 2.49 bits per heavy atom. The van der Waals surface area contributed by atoms with Crippen molar-refractivity contribution in [1.82, 2.24) is 0 Å². The highest BCUT2D eigenvalue weighted by Crippen LogP contribution is 2.40. The molecule has 0 atom stereocenters. The van der Waals surface area contributed by atoms with Crippen LogP contribution < -0.4 is 10.4 Å². The minimum absolute atomic E-state index is 0.203. The van der Waals surface area contributed by atoms with Crippen molar-refractivity contribution in [1.29, 1.82) is 0 Å². The van der Waals surface area contributed by atoms with E-state index in [1.54, 1.807) is 12.1 Å². The Labute approximate surface area is 215 Å². The maximum absolute atomic E-state index is 13.8. The molecule has 0 bridgehead atoms. The van der Waals surface area contributed by atoms with E-state index in [2.05, 4.69) is 6.92 Å². The first-order chi connectivity index (χ1) is 18.1. The highest BCUT2D eigenvalue weighted by molar-refractivity contribution is 6.20. The van der Waals surface area contributed by atoms with Crippen molar-refractivity contribution in [2.75, 3.05) is 6.61 Å². The number of unbranched alkanes of at least 4 members (excludes halogenated alkanes) is 4. The van der Waals surface area contributed by atoms with Crippen molar-refractivity contribution in [3.05, 3.63) is 100 Å². The normalized spacial score (nSPS) is 11.3.